The zero-order valence-electron chi connectivity index (χ0n) is 12.8. The van der Waals surface area contributed by atoms with E-state index in [1.165, 1.54) is 22.2 Å². The smallest absolute Gasteiger partial charge is 0.121 e. The molecule has 3 rings (SSSR count). The summed E-state index contributed by atoms with van der Waals surface area (Å²) in [5.41, 5.74) is 4.99. The third-order valence-electron chi connectivity index (χ3n) is 3.89. The van der Waals surface area contributed by atoms with Crippen LogP contribution in [0.2, 0.25) is 0 Å². The average molecular weight is 279 g/mol. The highest BCUT2D eigenvalue weighted by Crippen LogP contribution is 2.29. The minimum Gasteiger partial charge on any atom is -0.489 e. The van der Waals surface area contributed by atoms with Crippen molar-refractivity contribution >= 4 is 10.9 Å². The summed E-state index contributed by atoms with van der Waals surface area (Å²) in [6, 6.07) is 16.5. The van der Waals surface area contributed by atoms with Crippen molar-refractivity contribution in [3.05, 3.63) is 65.4 Å². The summed E-state index contributed by atoms with van der Waals surface area (Å²) in [5.74, 6) is 1.41. The zero-order valence-corrected chi connectivity index (χ0v) is 12.8. The summed E-state index contributed by atoms with van der Waals surface area (Å²) >= 11 is 0. The molecule has 3 aromatic rings. The lowest BCUT2D eigenvalue weighted by molar-refractivity contribution is 0.306. The largest absolute Gasteiger partial charge is 0.489 e. The van der Waals surface area contributed by atoms with Gasteiger partial charge in [0.25, 0.3) is 0 Å². The molecule has 0 bridgehead atoms. The van der Waals surface area contributed by atoms with E-state index in [1.54, 1.807) is 0 Å². The van der Waals surface area contributed by atoms with Gasteiger partial charge in [0.15, 0.2) is 0 Å². The van der Waals surface area contributed by atoms with Crippen molar-refractivity contribution in [2.24, 2.45) is 0 Å². The number of rotatable bonds is 4. The van der Waals surface area contributed by atoms with Crippen LogP contribution in [-0.4, -0.2) is 4.98 Å². The van der Waals surface area contributed by atoms with E-state index in [0.717, 1.165) is 11.3 Å². The molecule has 0 fully saturated rings. The molecule has 0 saturated carbocycles. The molecule has 2 nitrogen and oxygen atoms in total. The van der Waals surface area contributed by atoms with Gasteiger partial charge in [-0.2, -0.15) is 0 Å². The fraction of sp³-hybridized carbons (Fsp3) is 0.263. The average Bonchev–Trinajstić information content (AvgIpc) is 2.83. The van der Waals surface area contributed by atoms with Crippen LogP contribution in [0.3, 0.4) is 0 Å². The van der Waals surface area contributed by atoms with Gasteiger partial charge in [-0.1, -0.05) is 44.2 Å². The molecule has 0 atom stereocenters. The van der Waals surface area contributed by atoms with Gasteiger partial charge in [0.05, 0.1) is 0 Å². The molecule has 0 amide bonds. The molecule has 1 aromatic heterocycles. The Morgan fingerprint density at radius 1 is 1.05 bits per heavy atom. The number of aryl methyl sites for hydroxylation is 1. The van der Waals surface area contributed by atoms with E-state index >= 15 is 0 Å². The van der Waals surface area contributed by atoms with Gasteiger partial charge >= 0.3 is 0 Å². The van der Waals surface area contributed by atoms with Gasteiger partial charge in [-0.3, -0.25) is 0 Å². The van der Waals surface area contributed by atoms with Crippen molar-refractivity contribution in [2.75, 3.05) is 0 Å². The van der Waals surface area contributed by atoms with Crippen LogP contribution in [0.1, 0.15) is 36.6 Å². The third kappa shape index (κ3) is 2.80. The SMILES string of the molecule is Cc1c(C(C)C)[nH]c2cc(OCc3ccccc3)ccc12. The maximum atomic E-state index is 5.89. The van der Waals surface area contributed by atoms with Gasteiger partial charge in [0, 0.05) is 22.7 Å². The Bertz CT molecular complexity index is 741. The Morgan fingerprint density at radius 2 is 1.81 bits per heavy atom. The standard InChI is InChI=1S/C19H21NO/c1-13(2)19-14(3)17-10-9-16(11-18(17)20-19)21-12-15-7-5-4-6-8-15/h4-11,13,20H,12H2,1-3H3. The Morgan fingerprint density at radius 3 is 2.52 bits per heavy atom. The molecule has 0 saturated heterocycles. The fourth-order valence-electron chi connectivity index (χ4n) is 2.75. The van der Waals surface area contributed by atoms with Crippen LogP contribution in [-0.2, 0) is 6.61 Å². The maximum Gasteiger partial charge on any atom is 0.121 e. The second-order valence-electron chi connectivity index (χ2n) is 5.80. The summed E-state index contributed by atoms with van der Waals surface area (Å²) in [5, 5.41) is 1.28. The Balaban J connectivity index is 1.84. The summed E-state index contributed by atoms with van der Waals surface area (Å²) in [6.45, 7) is 7.21. The second-order valence-corrected chi connectivity index (χ2v) is 5.80. The summed E-state index contributed by atoms with van der Waals surface area (Å²) in [4.78, 5) is 3.52. The number of hydrogen-bond donors (Lipinski definition) is 1. The number of benzene rings is 2. The lowest BCUT2D eigenvalue weighted by Gasteiger charge is -2.06. The van der Waals surface area contributed by atoms with E-state index in [4.69, 9.17) is 4.74 Å². The van der Waals surface area contributed by atoms with Gasteiger partial charge in [-0.05, 0) is 36.1 Å². The Kier molecular flexibility index (Phi) is 3.70. The highest BCUT2D eigenvalue weighted by Gasteiger charge is 2.11. The first-order valence-corrected chi connectivity index (χ1v) is 7.44. The molecule has 0 aliphatic carbocycles. The normalized spacial score (nSPS) is 11.2. The van der Waals surface area contributed by atoms with E-state index < -0.39 is 0 Å². The van der Waals surface area contributed by atoms with E-state index in [1.807, 2.05) is 18.2 Å². The lowest BCUT2D eigenvalue weighted by atomic mass is 10.1. The monoisotopic (exact) mass is 279 g/mol. The number of aromatic nitrogens is 1. The number of nitrogens with one attached hydrogen (secondary N) is 1. The summed E-state index contributed by atoms with van der Waals surface area (Å²) < 4.78 is 5.89. The van der Waals surface area contributed by atoms with Gasteiger partial charge in [-0.25, -0.2) is 0 Å². The first kappa shape index (κ1) is 13.7. The van der Waals surface area contributed by atoms with E-state index in [0.29, 0.717) is 12.5 Å². The highest BCUT2D eigenvalue weighted by molar-refractivity contribution is 5.85. The Labute approximate surface area is 125 Å². The molecule has 0 aliphatic heterocycles. The van der Waals surface area contributed by atoms with E-state index in [-0.39, 0.29) is 0 Å². The first-order valence-electron chi connectivity index (χ1n) is 7.44. The van der Waals surface area contributed by atoms with Crippen molar-refractivity contribution in [1.29, 1.82) is 0 Å². The number of ether oxygens (including phenoxy) is 1. The van der Waals surface area contributed by atoms with E-state index in [9.17, 15) is 0 Å². The van der Waals surface area contributed by atoms with Crippen LogP contribution in [0.25, 0.3) is 10.9 Å². The minimum absolute atomic E-state index is 0.506. The second kappa shape index (κ2) is 5.65. The van der Waals surface area contributed by atoms with E-state index in [2.05, 4.69) is 56.1 Å². The van der Waals surface area contributed by atoms with Crippen molar-refractivity contribution in [2.45, 2.75) is 33.3 Å². The van der Waals surface area contributed by atoms with Crippen molar-refractivity contribution in [1.82, 2.24) is 4.98 Å². The minimum atomic E-state index is 0.506. The molecule has 108 valence electrons. The molecule has 1 heterocycles. The number of H-pyrrole nitrogens is 1. The van der Waals surface area contributed by atoms with Crippen LogP contribution in [0.15, 0.2) is 48.5 Å². The maximum absolute atomic E-state index is 5.89. The first-order chi connectivity index (χ1) is 10.1. The Hall–Kier alpha value is -2.22. The van der Waals surface area contributed by atoms with Crippen molar-refractivity contribution < 1.29 is 4.74 Å². The molecule has 21 heavy (non-hydrogen) atoms. The molecule has 0 aliphatic rings. The fourth-order valence-corrected chi connectivity index (χ4v) is 2.75. The summed E-state index contributed by atoms with van der Waals surface area (Å²) in [7, 11) is 0. The van der Waals surface area contributed by atoms with Gasteiger partial charge in [-0.15, -0.1) is 0 Å². The molecular weight excluding hydrogens is 258 g/mol. The molecule has 0 radical (unpaired) electrons. The molecule has 0 unspecified atom stereocenters. The number of aromatic amines is 1. The summed E-state index contributed by atoms with van der Waals surface area (Å²) in [6.07, 6.45) is 0. The highest BCUT2D eigenvalue weighted by atomic mass is 16.5. The van der Waals surface area contributed by atoms with Crippen LogP contribution in [0.5, 0.6) is 5.75 Å². The van der Waals surface area contributed by atoms with Crippen LogP contribution >= 0.6 is 0 Å². The predicted molar refractivity (Wildman–Crippen MR) is 87.9 cm³/mol. The number of fused-ring (bicyclic) bond motifs is 1. The lowest BCUT2D eigenvalue weighted by Crippen LogP contribution is -1.94. The quantitative estimate of drug-likeness (QED) is 0.699. The molecule has 0 spiro atoms. The van der Waals surface area contributed by atoms with Crippen LogP contribution in [0, 0.1) is 6.92 Å². The zero-order chi connectivity index (χ0) is 14.8. The van der Waals surface area contributed by atoms with Gasteiger partial charge in [0.2, 0.25) is 0 Å². The van der Waals surface area contributed by atoms with Gasteiger partial charge in [0.1, 0.15) is 12.4 Å². The predicted octanol–water partition coefficient (Wildman–Crippen LogP) is 5.18. The molecular formula is C19H21NO. The molecule has 2 heteroatoms. The van der Waals surface area contributed by atoms with Gasteiger partial charge < -0.3 is 9.72 Å². The number of hydrogen-bond acceptors (Lipinski definition) is 1. The van der Waals surface area contributed by atoms with Crippen molar-refractivity contribution in [3.63, 3.8) is 0 Å². The topological polar surface area (TPSA) is 25.0 Å². The third-order valence-corrected chi connectivity index (χ3v) is 3.89. The van der Waals surface area contributed by atoms with Crippen LogP contribution < -0.4 is 4.74 Å². The molecule has 1 N–H and O–H groups in total. The molecule has 2 aromatic carbocycles. The van der Waals surface area contributed by atoms with Crippen molar-refractivity contribution in [3.8, 4) is 5.75 Å². The van der Waals surface area contributed by atoms with Crippen LogP contribution in [0.4, 0.5) is 0 Å².